The topological polar surface area (TPSA) is 53.2 Å². The maximum atomic E-state index is 13.4. The van der Waals surface area contributed by atoms with Crippen LogP contribution in [-0.2, 0) is 0 Å². The van der Waals surface area contributed by atoms with Crippen LogP contribution < -0.4 is 4.74 Å². The smallest absolute Gasteiger partial charge is 0.148 e. The SMILES string of the molecule is CC(O)c1ccc(Oc2cccc(F)c2C#N)cc1. The van der Waals surface area contributed by atoms with Gasteiger partial charge in [0.2, 0.25) is 0 Å². The molecule has 0 spiro atoms. The van der Waals surface area contributed by atoms with E-state index in [1.807, 2.05) is 0 Å². The van der Waals surface area contributed by atoms with E-state index >= 15 is 0 Å². The molecule has 0 heterocycles. The largest absolute Gasteiger partial charge is 0.456 e. The van der Waals surface area contributed by atoms with Crippen molar-refractivity contribution in [3.8, 4) is 17.6 Å². The highest BCUT2D eigenvalue weighted by Crippen LogP contribution is 2.27. The molecule has 3 nitrogen and oxygen atoms in total. The number of nitrogens with zero attached hydrogens (tertiary/aromatic N) is 1. The zero-order chi connectivity index (χ0) is 13.8. The molecule has 0 aromatic heterocycles. The van der Waals surface area contributed by atoms with Gasteiger partial charge in [-0.1, -0.05) is 18.2 Å². The minimum absolute atomic E-state index is 0.123. The first-order chi connectivity index (χ1) is 9.11. The third-order valence-electron chi connectivity index (χ3n) is 2.68. The molecule has 1 N–H and O–H groups in total. The van der Waals surface area contributed by atoms with Crippen molar-refractivity contribution in [2.45, 2.75) is 13.0 Å². The van der Waals surface area contributed by atoms with Crippen molar-refractivity contribution in [1.29, 1.82) is 5.26 Å². The van der Waals surface area contributed by atoms with Gasteiger partial charge in [0.15, 0.2) is 0 Å². The Hall–Kier alpha value is -2.38. The van der Waals surface area contributed by atoms with Crippen LogP contribution in [0, 0.1) is 17.1 Å². The van der Waals surface area contributed by atoms with Gasteiger partial charge in [-0.05, 0) is 36.8 Å². The number of hydrogen-bond donors (Lipinski definition) is 1. The van der Waals surface area contributed by atoms with Crippen LogP contribution in [0.4, 0.5) is 4.39 Å². The first-order valence-electron chi connectivity index (χ1n) is 5.76. The molecule has 0 aliphatic heterocycles. The molecule has 0 aliphatic rings. The normalized spacial score (nSPS) is 11.7. The van der Waals surface area contributed by atoms with Gasteiger partial charge >= 0.3 is 0 Å². The number of benzene rings is 2. The molecule has 0 aliphatic carbocycles. The second kappa shape index (κ2) is 5.51. The first-order valence-corrected chi connectivity index (χ1v) is 5.76. The molecule has 0 fully saturated rings. The van der Waals surface area contributed by atoms with Gasteiger partial charge in [0.25, 0.3) is 0 Å². The van der Waals surface area contributed by atoms with E-state index in [1.165, 1.54) is 18.2 Å². The van der Waals surface area contributed by atoms with Crippen LogP contribution in [0.25, 0.3) is 0 Å². The van der Waals surface area contributed by atoms with Crippen LogP contribution in [0.5, 0.6) is 11.5 Å². The Morgan fingerprint density at radius 2 is 1.89 bits per heavy atom. The number of halogens is 1. The molecule has 2 aromatic carbocycles. The van der Waals surface area contributed by atoms with Crippen molar-refractivity contribution in [2.24, 2.45) is 0 Å². The Bertz CT molecular complexity index is 615. The van der Waals surface area contributed by atoms with Crippen molar-refractivity contribution in [2.75, 3.05) is 0 Å². The fraction of sp³-hybridized carbons (Fsp3) is 0.133. The van der Waals surface area contributed by atoms with E-state index in [-0.39, 0.29) is 11.3 Å². The summed E-state index contributed by atoms with van der Waals surface area (Å²) in [5.41, 5.74) is 0.634. The monoisotopic (exact) mass is 257 g/mol. The lowest BCUT2D eigenvalue weighted by Gasteiger charge is -2.09. The molecule has 1 unspecified atom stereocenters. The summed E-state index contributed by atoms with van der Waals surface area (Å²) in [4.78, 5) is 0. The van der Waals surface area contributed by atoms with Crippen molar-refractivity contribution in [3.05, 3.63) is 59.4 Å². The third kappa shape index (κ3) is 2.90. The van der Waals surface area contributed by atoms with Gasteiger partial charge in [-0.25, -0.2) is 4.39 Å². The van der Waals surface area contributed by atoms with Crippen molar-refractivity contribution in [3.63, 3.8) is 0 Å². The van der Waals surface area contributed by atoms with Crippen LogP contribution >= 0.6 is 0 Å². The lowest BCUT2D eigenvalue weighted by atomic mass is 10.1. The number of hydrogen-bond acceptors (Lipinski definition) is 3. The van der Waals surface area contributed by atoms with Gasteiger partial charge < -0.3 is 9.84 Å². The summed E-state index contributed by atoms with van der Waals surface area (Å²) in [6, 6.07) is 12.7. The molecule has 96 valence electrons. The maximum absolute atomic E-state index is 13.4. The molecule has 0 radical (unpaired) electrons. The number of nitriles is 1. The average molecular weight is 257 g/mol. The molecular formula is C15H12FNO2. The van der Waals surface area contributed by atoms with Gasteiger partial charge in [0.1, 0.15) is 28.9 Å². The summed E-state index contributed by atoms with van der Waals surface area (Å²) >= 11 is 0. The van der Waals surface area contributed by atoms with E-state index in [1.54, 1.807) is 37.3 Å². The number of aliphatic hydroxyl groups is 1. The van der Waals surface area contributed by atoms with Crippen molar-refractivity contribution < 1.29 is 14.2 Å². The molecule has 0 bridgehead atoms. The Kier molecular flexibility index (Phi) is 3.79. The standard InChI is InChI=1S/C15H12FNO2/c1-10(18)11-5-7-12(8-6-11)19-15-4-2-3-14(16)13(15)9-17/h2-8,10,18H,1H3. The van der Waals surface area contributed by atoms with Crippen molar-refractivity contribution in [1.82, 2.24) is 0 Å². The van der Waals surface area contributed by atoms with Gasteiger partial charge in [0.05, 0.1) is 6.10 Å². The van der Waals surface area contributed by atoms with Crippen LogP contribution in [-0.4, -0.2) is 5.11 Å². The van der Waals surface area contributed by atoms with E-state index in [0.717, 1.165) is 5.56 Å². The summed E-state index contributed by atoms with van der Waals surface area (Å²) < 4.78 is 18.9. The van der Waals surface area contributed by atoms with Gasteiger partial charge in [0, 0.05) is 0 Å². The summed E-state index contributed by atoms with van der Waals surface area (Å²) in [6.45, 7) is 1.66. The van der Waals surface area contributed by atoms with Crippen LogP contribution in [0.3, 0.4) is 0 Å². The predicted molar refractivity (Wildman–Crippen MR) is 68.3 cm³/mol. The molecule has 19 heavy (non-hydrogen) atoms. The molecule has 0 saturated heterocycles. The highest BCUT2D eigenvalue weighted by Gasteiger charge is 2.10. The highest BCUT2D eigenvalue weighted by atomic mass is 19.1. The zero-order valence-electron chi connectivity index (χ0n) is 10.3. The molecule has 2 rings (SSSR count). The van der Waals surface area contributed by atoms with Gasteiger partial charge in [-0.15, -0.1) is 0 Å². The van der Waals surface area contributed by atoms with Crippen LogP contribution in [0.2, 0.25) is 0 Å². The number of rotatable bonds is 3. The Morgan fingerprint density at radius 1 is 1.21 bits per heavy atom. The minimum Gasteiger partial charge on any atom is -0.456 e. The van der Waals surface area contributed by atoms with Gasteiger partial charge in [-0.3, -0.25) is 0 Å². The number of ether oxygens (including phenoxy) is 1. The minimum atomic E-state index is -0.611. The third-order valence-corrected chi connectivity index (χ3v) is 2.68. The maximum Gasteiger partial charge on any atom is 0.148 e. The second-order valence-corrected chi connectivity index (χ2v) is 4.07. The summed E-state index contributed by atoms with van der Waals surface area (Å²) in [6.07, 6.45) is -0.558. The Morgan fingerprint density at radius 3 is 2.47 bits per heavy atom. The zero-order valence-corrected chi connectivity index (χ0v) is 10.3. The predicted octanol–water partition coefficient (Wildman–Crippen LogP) is 3.54. The van der Waals surface area contributed by atoms with E-state index in [0.29, 0.717) is 5.75 Å². The number of aliphatic hydroxyl groups excluding tert-OH is 1. The molecular weight excluding hydrogens is 245 g/mol. The van der Waals surface area contributed by atoms with Crippen LogP contribution in [0.1, 0.15) is 24.2 Å². The quantitative estimate of drug-likeness (QED) is 0.914. The summed E-state index contributed by atoms with van der Waals surface area (Å²) in [5, 5.41) is 18.3. The second-order valence-electron chi connectivity index (χ2n) is 4.07. The lowest BCUT2D eigenvalue weighted by molar-refractivity contribution is 0.199. The first kappa shape index (κ1) is 13.1. The Labute approximate surface area is 110 Å². The van der Waals surface area contributed by atoms with E-state index in [2.05, 4.69) is 0 Å². The van der Waals surface area contributed by atoms with E-state index < -0.39 is 11.9 Å². The average Bonchev–Trinajstić information content (AvgIpc) is 2.39. The van der Waals surface area contributed by atoms with E-state index in [4.69, 9.17) is 10.00 Å². The molecule has 0 saturated carbocycles. The van der Waals surface area contributed by atoms with E-state index in [9.17, 15) is 9.50 Å². The highest BCUT2D eigenvalue weighted by molar-refractivity contribution is 5.46. The molecule has 1 atom stereocenters. The molecule has 4 heteroatoms. The molecule has 2 aromatic rings. The molecule has 0 amide bonds. The summed E-state index contributed by atoms with van der Waals surface area (Å²) in [7, 11) is 0. The summed E-state index contributed by atoms with van der Waals surface area (Å²) in [5.74, 6) is 0.0411. The Balaban J connectivity index is 2.27. The van der Waals surface area contributed by atoms with Crippen LogP contribution in [0.15, 0.2) is 42.5 Å². The fourth-order valence-corrected chi connectivity index (χ4v) is 1.64. The fourth-order valence-electron chi connectivity index (χ4n) is 1.64. The van der Waals surface area contributed by atoms with Crippen molar-refractivity contribution >= 4 is 0 Å². The lowest BCUT2D eigenvalue weighted by Crippen LogP contribution is -1.93. The van der Waals surface area contributed by atoms with Gasteiger partial charge in [-0.2, -0.15) is 5.26 Å².